The van der Waals surface area contributed by atoms with Crippen LogP contribution >= 0.6 is 0 Å². The van der Waals surface area contributed by atoms with E-state index in [1.165, 1.54) is 0 Å². The van der Waals surface area contributed by atoms with Gasteiger partial charge in [0.25, 0.3) is 0 Å². The van der Waals surface area contributed by atoms with Gasteiger partial charge in [-0.05, 0) is 18.7 Å². The maximum Gasteiger partial charge on any atom is 0.397 e. The number of aliphatic imine (C=N–C) groups is 1. The van der Waals surface area contributed by atoms with Crippen molar-refractivity contribution in [2.75, 3.05) is 6.61 Å². The molecule has 5 nitrogen and oxygen atoms in total. The van der Waals surface area contributed by atoms with Crippen LogP contribution in [0.4, 0.5) is 0 Å². The van der Waals surface area contributed by atoms with Gasteiger partial charge in [-0.25, -0.2) is 4.18 Å². The van der Waals surface area contributed by atoms with Gasteiger partial charge in [-0.3, -0.25) is 9.55 Å². The van der Waals surface area contributed by atoms with Gasteiger partial charge in [-0.1, -0.05) is 30.3 Å². The number of hydrogen-bond donors (Lipinski definition) is 1. The highest BCUT2D eigenvalue weighted by molar-refractivity contribution is 7.80. The van der Waals surface area contributed by atoms with E-state index in [4.69, 9.17) is 4.55 Å². The van der Waals surface area contributed by atoms with E-state index >= 15 is 0 Å². The molecule has 0 unspecified atom stereocenters. The molecule has 0 aliphatic carbocycles. The Kier molecular flexibility index (Phi) is 4.60. The highest BCUT2D eigenvalue weighted by Crippen LogP contribution is 2.06. The summed E-state index contributed by atoms with van der Waals surface area (Å²) >= 11 is 0. The zero-order chi connectivity index (χ0) is 12.0. The maximum absolute atomic E-state index is 10.4. The van der Waals surface area contributed by atoms with Crippen LogP contribution < -0.4 is 0 Å². The first-order chi connectivity index (χ1) is 7.51. The minimum atomic E-state index is -4.41. The Morgan fingerprint density at radius 1 is 1.38 bits per heavy atom. The highest BCUT2D eigenvalue weighted by atomic mass is 32.3. The molecular weight excluding hydrogens is 230 g/mol. The molecular formula is C10H13NO4S. The third kappa shape index (κ3) is 5.01. The van der Waals surface area contributed by atoms with Gasteiger partial charge < -0.3 is 0 Å². The van der Waals surface area contributed by atoms with E-state index in [1.807, 2.05) is 30.3 Å². The van der Waals surface area contributed by atoms with Crippen molar-refractivity contribution < 1.29 is 17.2 Å². The molecule has 0 saturated carbocycles. The molecule has 0 fully saturated rings. The van der Waals surface area contributed by atoms with Gasteiger partial charge in [0.2, 0.25) is 0 Å². The van der Waals surface area contributed by atoms with Crippen LogP contribution in [0.5, 0.6) is 0 Å². The number of rotatable bonds is 6. The second-order valence-electron chi connectivity index (χ2n) is 3.24. The molecule has 6 heteroatoms. The summed E-state index contributed by atoms with van der Waals surface area (Å²) < 4.78 is 33.4. The lowest BCUT2D eigenvalue weighted by Gasteiger charge is -2.10. The van der Waals surface area contributed by atoms with Crippen LogP contribution in [0.2, 0.25) is 0 Å². The molecule has 0 heterocycles. The van der Waals surface area contributed by atoms with Gasteiger partial charge >= 0.3 is 10.4 Å². The first kappa shape index (κ1) is 12.8. The quantitative estimate of drug-likeness (QED) is 0.600. The van der Waals surface area contributed by atoms with Gasteiger partial charge in [-0.2, -0.15) is 8.42 Å². The minimum Gasteiger partial charge on any atom is -0.295 e. The second-order valence-corrected chi connectivity index (χ2v) is 4.33. The normalized spacial score (nSPS) is 13.3. The SMILES string of the molecule is C=N[C@H](COS(=O)(=O)O)Cc1ccccc1. The van der Waals surface area contributed by atoms with Crippen molar-refractivity contribution in [2.24, 2.45) is 4.99 Å². The summed E-state index contributed by atoms with van der Waals surface area (Å²) in [5.41, 5.74) is 0.999. The lowest BCUT2D eigenvalue weighted by atomic mass is 10.1. The van der Waals surface area contributed by atoms with Crippen LogP contribution in [-0.2, 0) is 21.0 Å². The Balaban J connectivity index is 2.53. The molecule has 0 aromatic heterocycles. The predicted octanol–water partition coefficient (Wildman–Crippen LogP) is 1.12. The minimum absolute atomic E-state index is 0.211. The van der Waals surface area contributed by atoms with Crippen LogP contribution in [0, 0.1) is 0 Å². The molecule has 16 heavy (non-hydrogen) atoms. The van der Waals surface area contributed by atoms with Crippen molar-refractivity contribution in [3.8, 4) is 0 Å². The molecule has 1 rings (SSSR count). The van der Waals surface area contributed by atoms with Crippen LogP contribution in [0.15, 0.2) is 35.3 Å². The summed E-state index contributed by atoms with van der Waals surface area (Å²) in [4.78, 5) is 3.74. The molecule has 1 atom stereocenters. The van der Waals surface area contributed by atoms with Crippen LogP contribution in [0.1, 0.15) is 5.56 Å². The first-order valence-electron chi connectivity index (χ1n) is 4.63. The summed E-state index contributed by atoms with van der Waals surface area (Å²) in [5, 5.41) is 0. The summed E-state index contributed by atoms with van der Waals surface area (Å²) in [6, 6.07) is 9.02. The van der Waals surface area contributed by atoms with E-state index < -0.39 is 16.4 Å². The number of nitrogens with zero attached hydrogens (tertiary/aromatic N) is 1. The van der Waals surface area contributed by atoms with E-state index in [0.29, 0.717) is 6.42 Å². The fourth-order valence-corrected chi connectivity index (χ4v) is 1.56. The first-order valence-corrected chi connectivity index (χ1v) is 5.99. The van der Waals surface area contributed by atoms with Crippen LogP contribution in [0.25, 0.3) is 0 Å². The molecule has 0 radical (unpaired) electrons. The molecule has 1 aromatic carbocycles. The molecule has 1 N–H and O–H groups in total. The van der Waals surface area contributed by atoms with E-state index in [2.05, 4.69) is 15.9 Å². The summed E-state index contributed by atoms with van der Waals surface area (Å²) in [7, 11) is -4.41. The molecule has 0 aliphatic heterocycles. The van der Waals surface area contributed by atoms with Crippen molar-refractivity contribution >= 4 is 17.1 Å². The topological polar surface area (TPSA) is 76.0 Å². The Hall–Kier alpha value is -1.24. The fourth-order valence-electron chi connectivity index (χ4n) is 1.23. The molecule has 0 bridgehead atoms. The third-order valence-electron chi connectivity index (χ3n) is 1.98. The highest BCUT2D eigenvalue weighted by Gasteiger charge is 2.12. The lowest BCUT2D eigenvalue weighted by molar-refractivity contribution is 0.251. The molecule has 0 amide bonds. The van der Waals surface area contributed by atoms with Crippen molar-refractivity contribution in [1.29, 1.82) is 0 Å². The molecule has 88 valence electrons. The number of benzene rings is 1. The average molecular weight is 243 g/mol. The Morgan fingerprint density at radius 3 is 2.50 bits per heavy atom. The summed E-state index contributed by atoms with van der Waals surface area (Å²) in [5.74, 6) is 0. The van der Waals surface area contributed by atoms with Gasteiger partial charge in [0.05, 0.1) is 12.6 Å². The van der Waals surface area contributed by atoms with E-state index in [0.717, 1.165) is 5.56 Å². The fraction of sp³-hybridized carbons (Fsp3) is 0.300. The summed E-state index contributed by atoms with van der Waals surface area (Å²) in [6.07, 6.45) is 0.514. The Labute approximate surface area is 94.7 Å². The van der Waals surface area contributed by atoms with Gasteiger partial charge in [0.15, 0.2) is 0 Å². The van der Waals surface area contributed by atoms with Crippen molar-refractivity contribution in [1.82, 2.24) is 0 Å². The second kappa shape index (κ2) is 5.74. The van der Waals surface area contributed by atoms with Crippen LogP contribution in [-0.4, -0.2) is 32.3 Å². The van der Waals surface area contributed by atoms with Crippen LogP contribution in [0.3, 0.4) is 0 Å². The molecule has 0 saturated heterocycles. The lowest BCUT2D eigenvalue weighted by Crippen LogP contribution is -2.19. The standard InChI is InChI=1S/C10H13NO4S/c1-11-10(8-15-16(12,13)14)7-9-5-3-2-4-6-9/h2-6,10H,1,7-8H2,(H,12,13,14)/t10-/m0/s1. The zero-order valence-electron chi connectivity index (χ0n) is 8.61. The van der Waals surface area contributed by atoms with Crippen molar-refractivity contribution in [3.63, 3.8) is 0 Å². The van der Waals surface area contributed by atoms with Gasteiger partial charge in [0.1, 0.15) is 0 Å². The van der Waals surface area contributed by atoms with E-state index in [1.54, 1.807) is 0 Å². The average Bonchev–Trinajstić information content (AvgIpc) is 2.24. The molecule has 0 aliphatic rings. The van der Waals surface area contributed by atoms with Crippen molar-refractivity contribution in [3.05, 3.63) is 35.9 Å². The van der Waals surface area contributed by atoms with E-state index in [-0.39, 0.29) is 6.61 Å². The zero-order valence-corrected chi connectivity index (χ0v) is 9.43. The van der Waals surface area contributed by atoms with Crippen molar-refractivity contribution in [2.45, 2.75) is 12.5 Å². The Morgan fingerprint density at radius 2 is 2.00 bits per heavy atom. The molecule has 0 spiro atoms. The van der Waals surface area contributed by atoms with Gasteiger partial charge in [-0.15, -0.1) is 0 Å². The molecule has 1 aromatic rings. The monoisotopic (exact) mass is 243 g/mol. The number of hydrogen-bond acceptors (Lipinski definition) is 4. The van der Waals surface area contributed by atoms with Gasteiger partial charge in [0, 0.05) is 0 Å². The maximum atomic E-state index is 10.4. The third-order valence-corrected chi connectivity index (χ3v) is 2.42. The smallest absolute Gasteiger partial charge is 0.295 e. The van der Waals surface area contributed by atoms with E-state index in [9.17, 15) is 8.42 Å². The predicted molar refractivity (Wildman–Crippen MR) is 61.0 cm³/mol. The summed E-state index contributed by atoms with van der Waals surface area (Å²) in [6.45, 7) is 3.14. The largest absolute Gasteiger partial charge is 0.397 e. The Bertz CT molecular complexity index is 429.